The Morgan fingerprint density at radius 1 is 1.32 bits per heavy atom. The van der Waals surface area contributed by atoms with E-state index < -0.39 is 0 Å². The van der Waals surface area contributed by atoms with E-state index in [4.69, 9.17) is 4.74 Å². The van der Waals surface area contributed by atoms with Crippen LogP contribution in [-0.2, 0) is 21.4 Å². The molecule has 0 aromatic heterocycles. The molecule has 0 N–H and O–H groups in total. The third kappa shape index (κ3) is 2.07. The van der Waals surface area contributed by atoms with Crippen molar-refractivity contribution in [3.05, 3.63) is 35.4 Å². The van der Waals surface area contributed by atoms with Gasteiger partial charge in [0.25, 0.3) is 0 Å². The lowest BCUT2D eigenvalue weighted by Crippen LogP contribution is -2.48. The van der Waals surface area contributed by atoms with Crippen LogP contribution < -0.4 is 0 Å². The zero-order valence-electron chi connectivity index (χ0n) is 11.8. The summed E-state index contributed by atoms with van der Waals surface area (Å²) in [5.74, 6) is 0.345. The molecular weight excluding hydrogens is 236 g/mol. The summed E-state index contributed by atoms with van der Waals surface area (Å²) in [6.07, 6.45) is 5.90. The fourth-order valence-electron chi connectivity index (χ4n) is 4.24. The minimum absolute atomic E-state index is 0.0673. The largest absolute Gasteiger partial charge is 0.462 e. The van der Waals surface area contributed by atoms with Crippen LogP contribution in [0.3, 0.4) is 0 Å². The molecule has 2 heteroatoms. The molecule has 0 heterocycles. The second-order valence-electron chi connectivity index (χ2n) is 6.28. The Kier molecular flexibility index (Phi) is 3.12. The molecule has 3 atom stereocenters. The van der Waals surface area contributed by atoms with Crippen LogP contribution in [0.4, 0.5) is 0 Å². The van der Waals surface area contributed by atoms with Gasteiger partial charge < -0.3 is 4.74 Å². The summed E-state index contributed by atoms with van der Waals surface area (Å²) in [5.41, 5.74) is 3.05. The second kappa shape index (κ2) is 4.66. The average Bonchev–Trinajstić information content (AvgIpc) is 2.38. The lowest BCUT2D eigenvalue weighted by atomic mass is 9.57. The minimum Gasteiger partial charge on any atom is -0.462 e. The summed E-state index contributed by atoms with van der Waals surface area (Å²) >= 11 is 0. The molecule has 2 aliphatic rings. The number of carbonyl (C=O) groups is 1. The van der Waals surface area contributed by atoms with Gasteiger partial charge in [0.15, 0.2) is 0 Å². The van der Waals surface area contributed by atoms with E-state index in [1.54, 1.807) is 0 Å². The highest BCUT2D eigenvalue weighted by Gasteiger charge is 2.47. The van der Waals surface area contributed by atoms with Crippen molar-refractivity contribution >= 4 is 5.97 Å². The van der Waals surface area contributed by atoms with Crippen molar-refractivity contribution in [3.63, 3.8) is 0 Å². The number of esters is 1. The Bertz CT molecular complexity index is 494. The Morgan fingerprint density at radius 2 is 2.11 bits per heavy atom. The molecule has 2 nitrogen and oxygen atoms in total. The first-order chi connectivity index (χ1) is 9.11. The van der Waals surface area contributed by atoms with Crippen molar-refractivity contribution in [3.8, 4) is 0 Å². The summed E-state index contributed by atoms with van der Waals surface area (Å²) in [6, 6.07) is 8.71. The summed E-state index contributed by atoms with van der Waals surface area (Å²) in [6.45, 7) is 3.89. The number of ether oxygens (including phenoxy) is 1. The monoisotopic (exact) mass is 258 g/mol. The van der Waals surface area contributed by atoms with Crippen molar-refractivity contribution in [2.24, 2.45) is 5.92 Å². The van der Waals surface area contributed by atoms with Crippen molar-refractivity contribution < 1.29 is 9.53 Å². The normalized spacial score (nSPS) is 33.2. The molecule has 0 aliphatic heterocycles. The first-order valence-corrected chi connectivity index (χ1v) is 7.37. The van der Waals surface area contributed by atoms with Gasteiger partial charge in [-0.25, -0.2) is 0 Å². The lowest BCUT2D eigenvalue weighted by molar-refractivity contribution is -0.152. The van der Waals surface area contributed by atoms with Gasteiger partial charge in [-0.1, -0.05) is 44.0 Å². The molecule has 1 fully saturated rings. The maximum atomic E-state index is 11.4. The third-order valence-electron chi connectivity index (χ3n) is 5.10. The van der Waals surface area contributed by atoms with E-state index in [2.05, 4.69) is 31.2 Å². The molecule has 2 aliphatic carbocycles. The fourth-order valence-corrected chi connectivity index (χ4v) is 4.24. The van der Waals surface area contributed by atoms with Gasteiger partial charge in [-0.2, -0.15) is 0 Å². The van der Waals surface area contributed by atoms with Crippen LogP contribution in [-0.4, -0.2) is 12.1 Å². The lowest BCUT2D eigenvalue weighted by Gasteiger charge is -2.49. The Hall–Kier alpha value is -1.31. The van der Waals surface area contributed by atoms with Gasteiger partial charge in [0, 0.05) is 19.3 Å². The molecule has 1 aromatic carbocycles. The van der Waals surface area contributed by atoms with E-state index in [1.165, 1.54) is 43.7 Å². The zero-order chi connectivity index (χ0) is 13.5. The van der Waals surface area contributed by atoms with Gasteiger partial charge in [0.05, 0.1) is 0 Å². The highest BCUT2D eigenvalue weighted by Crippen LogP contribution is 2.50. The zero-order valence-corrected chi connectivity index (χ0v) is 11.8. The highest BCUT2D eigenvalue weighted by atomic mass is 16.5. The van der Waals surface area contributed by atoms with Crippen LogP contribution in [0.2, 0.25) is 0 Å². The van der Waals surface area contributed by atoms with Gasteiger partial charge in [-0.3, -0.25) is 4.79 Å². The number of fused-ring (bicyclic) bond motifs is 3. The Morgan fingerprint density at radius 3 is 2.89 bits per heavy atom. The van der Waals surface area contributed by atoms with Crippen molar-refractivity contribution in [1.82, 2.24) is 0 Å². The SMILES string of the molecule is CC(=O)O[C@H]1Cc2ccccc2[C@@]2(C)CCCC[C@H]12. The predicted octanol–water partition coefficient (Wildman–Crippen LogP) is 3.62. The molecule has 1 aromatic rings. The molecule has 19 heavy (non-hydrogen) atoms. The third-order valence-corrected chi connectivity index (χ3v) is 5.10. The molecule has 0 radical (unpaired) electrons. The molecular formula is C17H22O2. The van der Waals surface area contributed by atoms with Crippen LogP contribution >= 0.6 is 0 Å². The summed E-state index contributed by atoms with van der Waals surface area (Å²) in [7, 11) is 0. The van der Waals surface area contributed by atoms with Crippen LogP contribution in [0.1, 0.15) is 50.7 Å². The van der Waals surface area contributed by atoms with Gasteiger partial charge in [-0.05, 0) is 29.4 Å². The van der Waals surface area contributed by atoms with Gasteiger partial charge in [0.2, 0.25) is 0 Å². The number of benzene rings is 1. The molecule has 0 unspecified atom stereocenters. The standard InChI is InChI=1S/C17H22O2/c1-12(18)19-16-11-13-7-3-4-8-14(13)17(2)10-6-5-9-15(16)17/h3-4,7-8,15-16H,5-6,9-11H2,1-2H3/t15-,16+,17-/m1/s1. The van der Waals surface area contributed by atoms with Crippen LogP contribution in [0.15, 0.2) is 24.3 Å². The van der Waals surface area contributed by atoms with E-state index in [0.717, 1.165) is 6.42 Å². The van der Waals surface area contributed by atoms with Crippen LogP contribution in [0.25, 0.3) is 0 Å². The van der Waals surface area contributed by atoms with E-state index in [9.17, 15) is 4.79 Å². The highest BCUT2D eigenvalue weighted by molar-refractivity contribution is 5.66. The van der Waals surface area contributed by atoms with Gasteiger partial charge in [0.1, 0.15) is 6.10 Å². The summed E-state index contributed by atoms with van der Waals surface area (Å²) in [4.78, 5) is 11.4. The fraction of sp³-hybridized carbons (Fsp3) is 0.588. The predicted molar refractivity (Wildman–Crippen MR) is 75.0 cm³/mol. The second-order valence-corrected chi connectivity index (χ2v) is 6.28. The molecule has 0 bridgehead atoms. The molecule has 0 spiro atoms. The topological polar surface area (TPSA) is 26.3 Å². The maximum Gasteiger partial charge on any atom is 0.302 e. The Balaban J connectivity index is 2.03. The summed E-state index contributed by atoms with van der Waals surface area (Å²) in [5, 5.41) is 0. The minimum atomic E-state index is -0.141. The van der Waals surface area contributed by atoms with Crippen molar-refractivity contribution in [2.45, 2.75) is 57.5 Å². The number of hydrogen-bond donors (Lipinski definition) is 0. The number of carbonyl (C=O) groups excluding carboxylic acids is 1. The van der Waals surface area contributed by atoms with Crippen molar-refractivity contribution in [2.75, 3.05) is 0 Å². The number of rotatable bonds is 1. The van der Waals surface area contributed by atoms with Gasteiger partial charge >= 0.3 is 5.97 Å². The van der Waals surface area contributed by atoms with Crippen molar-refractivity contribution in [1.29, 1.82) is 0 Å². The van der Waals surface area contributed by atoms with E-state index in [0.29, 0.717) is 5.92 Å². The maximum absolute atomic E-state index is 11.4. The number of hydrogen-bond acceptors (Lipinski definition) is 2. The molecule has 0 amide bonds. The smallest absolute Gasteiger partial charge is 0.302 e. The molecule has 3 rings (SSSR count). The quantitative estimate of drug-likeness (QED) is 0.719. The average molecular weight is 258 g/mol. The first kappa shape index (κ1) is 12.7. The van der Waals surface area contributed by atoms with E-state index in [1.807, 2.05) is 0 Å². The molecule has 0 saturated heterocycles. The molecule has 102 valence electrons. The van der Waals surface area contributed by atoms with Gasteiger partial charge in [-0.15, -0.1) is 0 Å². The molecule has 1 saturated carbocycles. The Labute approximate surface area is 115 Å². The van der Waals surface area contributed by atoms with Crippen LogP contribution in [0, 0.1) is 5.92 Å². The first-order valence-electron chi connectivity index (χ1n) is 7.37. The van der Waals surface area contributed by atoms with E-state index in [-0.39, 0.29) is 17.5 Å². The van der Waals surface area contributed by atoms with E-state index >= 15 is 0 Å². The summed E-state index contributed by atoms with van der Waals surface area (Å²) < 4.78 is 5.64. The van der Waals surface area contributed by atoms with Crippen LogP contribution in [0.5, 0.6) is 0 Å².